The smallest absolute Gasteiger partial charge is 0.255 e. The number of aromatic amines is 1. The molecule has 144 valence electrons. The summed E-state index contributed by atoms with van der Waals surface area (Å²) in [4.78, 5) is 36.7. The number of amides is 1. The number of hydrogen-bond donors (Lipinski definition) is 1. The van der Waals surface area contributed by atoms with Crippen LogP contribution >= 0.6 is 0 Å². The zero-order valence-corrected chi connectivity index (χ0v) is 16.0. The number of fused-ring (bicyclic) bond motifs is 1. The largest absolute Gasteiger partial charge is 0.342 e. The fraction of sp³-hybridized carbons (Fsp3) is 0.579. The lowest BCUT2D eigenvalue weighted by atomic mass is 10.1. The van der Waals surface area contributed by atoms with E-state index in [-0.39, 0.29) is 11.5 Å². The van der Waals surface area contributed by atoms with E-state index >= 15 is 0 Å². The second kappa shape index (κ2) is 7.17. The van der Waals surface area contributed by atoms with Crippen LogP contribution in [0.4, 0.5) is 5.95 Å². The first-order valence-electron chi connectivity index (χ1n) is 9.67. The molecule has 2 aliphatic heterocycles. The van der Waals surface area contributed by atoms with Crippen molar-refractivity contribution in [2.24, 2.45) is 0 Å². The molecule has 2 aliphatic rings. The maximum atomic E-state index is 12.7. The van der Waals surface area contributed by atoms with Gasteiger partial charge in [0.05, 0.1) is 17.9 Å². The van der Waals surface area contributed by atoms with Crippen LogP contribution in [-0.4, -0.2) is 50.2 Å². The Kier molecular flexibility index (Phi) is 4.72. The molecule has 8 heteroatoms. The molecule has 8 nitrogen and oxygen atoms in total. The summed E-state index contributed by atoms with van der Waals surface area (Å²) in [6.45, 7) is 7.35. The van der Waals surface area contributed by atoms with E-state index in [1.807, 2.05) is 29.5 Å². The van der Waals surface area contributed by atoms with E-state index < -0.39 is 0 Å². The molecule has 1 fully saturated rings. The minimum Gasteiger partial charge on any atom is -0.342 e. The molecule has 2 aromatic heterocycles. The Hall–Kier alpha value is -2.64. The number of aromatic nitrogens is 4. The Morgan fingerprint density at radius 3 is 2.70 bits per heavy atom. The highest BCUT2D eigenvalue weighted by atomic mass is 16.2. The van der Waals surface area contributed by atoms with Crippen LogP contribution < -0.4 is 10.5 Å². The van der Waals surface area contributed by atoms with Gasteiger partial charge in [0.15, 0.2) is 0 Å². The number of carbonyl (C=O) groups excluding carboxylic acids is 1. The molecular weight excluding hydrogens is 344 g/mol. The maximum Gasteiger partial charge on any atom is 0.255 e. The number of aryl methyl sites for hydroxylation is 3. The molecule has 0 saturated carbocycles. The van der Waals surface area contributed by atoms with Crippen molar-refractivity contribution in [2.75, 3.05) is 24.5 Å². The molecule has 0 aliphatic carbocycles. The average molecular weight is 370 g/mol. The molecule has 4 heterocycles. The summed E-state index contributed by atoms with van der Waals surface area (Å²) in [5.41, 5.74) is 3.43. The van der Waals surface area contributed by atoms with Crippen molar-refractivity contribution in [1.82, 2.24) is 24.6 Å². The van der Waals surface area contributed by atoms with Gasteiger partial charge in [-0.05, 0) is 39.2 Å². The van der Waals surface area contributed by atoms with Crippen LogP contribution in [0.5, 0.6) is 0 Å². The van der Waals surface area contributed by atoms with Crippen molar-refractivity contribution in [3.63, 3.8) is 0 Å². The van der Waals surface area contributed by atoms with E-state index in [4.69, 9.17) is 0 Å². The number of hydrogen-bond acceptors (Lipinski definition) is 5. The third-order valence-electron chi connectivity index (χ3n) is 5.46. The summed E-state index contributed by atoms with van der Waals surface area (Å²) in [5.74, 6) is 0.728. The number of nitrogens with one attached hydrogen (secondary N) is 1. The quantitative estimate of drug-likeness (QED) is 0.873. The molecule has 1 amide bonds. The van der Waals surface area contributed by atoms with Crippen LogP contribution in [0, 0.1) is 13.8 Å². The summed E-state index contributed by atoms with van der Waals surface area (Å²) in [6, 6.07) is 2.01. The number of nitrogens with zero attached hydrogens (tertiary/aromatic N) is 5. The summed E-state index contributed by atoms with van der Waals surface area (Å²) in [5, 5.41) is 4.41. The van der Waals surface area contributed by atoms with Crippen LogP contribution in [0.3, 0.4) is 0 Å². The van der Waals surface area contributed by atoms with Gasteiger partial charge in [-0.15, -0.1) is 0 Å². The fourth-order valence-corrected chi connectivity index (χ4v) is 3.98. The van der Waals surface area contributed by atoms with Crippen LogP contribution in [0.25, 0.3) is 0 Å². The first-order valence-corrected chi connectivity index (χ1v) is 9.67. The highest BCUT2D eigenvalue weighted by molar-refractivity contribution is 5.76. The molecule has 0 bridgehead atoms. The van der Waals surface area contributed by atoms with Gasteiger partial charge in [-0.2, -0.15) is 5.10 Å². The van der Waals surface area contributed by atoms with Crippen molar-refractivity contribution in [3.05, 3.63) is 39.1 Å². The third-order valence-corrected chi connectivity index (χ3v) is 5.46. The van der Waals surface area contributed by atoms with Gasteiger partial charge in [-0.1, -0.05) is 0 Å². The topological polar surface area (TPSA) is 87.1 Å². The van der Waals surface area contributed by atoms with E-state index in [1.165, 1.54) is 0 Å². The van der Waals surface area contributed by atoms with Gasteiger partial charge in [0.2, 0.25) is 11.9 Å². The number of anilines is 1. The molecule has 1 N–H and O–H groups in total. The average Bonchev–Trinajstić information content (AvgIpc) is 3.29. The lowest BCUT2D eigenvalue weighted by molar-refractivity contribution is -0.132. The van der Waals surface area contributed by atoms with Crippen molar-refractivity contribution < 1.29 is 4.79 Å². The number of rotatable bonds is 4. The SMILES string of the molecule is Cc1cc(C)n(CCC(=O)N2CCc3c(nc(N4CCCC4)[nH]c3=O)C2)n1. The van der Waals surface area contributed by atoms with Crippen molar-refractivity contribution >= 4 is 11.9 Å². The van der Waals surface area contributed by atoms with E-state index in [0.717, 1.165) is 48.6 Å². The third kappa shape index (κ3) is 3.61. The van der Waals surface area contributed by atoms with E-state index in [0.29, 0.717) is 38.4 Å². The molecular formula is C19H26N6O2. The Bertz CT molecular complexity index is 909. The Morgan fingerprint density at radius 1 is 1.22 bits per heavy atom. The summed E-state index contributed by atoms with van der Waals surface area (Å²) in [6.07, 6.45) is 3.21. The molecule has 1 saturated heterocycles. The molecule has 0 atom stereocenters. The van der Waals surface area contributed by atoms with Gasteiger partial charge in [0.25, 0.3) is 5.56 Å². The van der Waals surface area contributed by atoms with Crippen molar-refractivity contribution in [3.8, 4) is 0 Å². The van der Waals surface area contributed by atoms with Crippen molar-refractivity contribution in [2.45, 2.75) is 52.6 Å². The molecule has 2 aromatic rings. The summed E-state index contributed by atoms with van der Waals surface area (Å²) in [7, 11) is 0. The minimum absolute atomic E-state index is 0.0587. The monoisotopic (exact) mass is 370 g/mol. The van der Waals surface area contributed by atoms with E-state index in [2.05, 4.69) is 20.0 Å². The molecule has 4 rings (SSSR count). The molecule has 27 heavy (non-hydrogen) atoms. The van der Waals surface area contributed by atoms with E-state index in [1.54, 1.807) is 0 Å². The summed E-state index contributed by atoms with van der Waals surface area (Å²) < 4.78 is 1.87. The standard InChI is InChI=1S/C19H26N6O2/c1-13-11-14(2)25(22-13)10-6-17(26)24-9-5-15-16(12-24)20-19(21-18(15)27)23-7-3-4-8-23/h11H,3-10,12H2,1-2H3,(H,20,21,27). The minimum atomic E-state index is -0.0587. The van der Waals surface area contributed by atoms with Crippen molar-refractivity contribution in [1.29, 1.82) is 0 Å². The fourth-order valence-electron chi connectivity index (χ4n) is 3.98. The Morgan fingerprint density at radius 2 is 2.00 bits per heavy atom. The van der Waals surface area contributed by atoms with Gasteiger partial charge >= 0.3 is 0 Å². The lowest BCUT2D eigenvalue weighted by Gasteiger charge is -2.28. The molecule has 0 radical (unpaired) electrons. The van der Waals surface area contributed by atoms with E-state index in [9.17, 15) is 9.59 Å². The van der Waals surface area contributed by atoms with Gasteiger partial charge in [-0.3, -0.25) is 19.3 Å². The van der Waals surface area contributed by atoms with Crippen LogP contribution in [0.15, 0.2) is 10.9 Å². The zero-order valence-electron chi connectivity index (χ0n) is 16.0. The number of carbonyl (C=O) groups is 1. The van der Waals surface area contributed by atoms with Crippen LogP contribution in [-0.2, 0) is 24.3 Å². The van der Waals surface area contributed by atoms with Gasteiger partial charge in [-0.25, -0.2) is 4.98 Å². The number of H-pyrrole nitrogens is 1. The highest BCUT2D eigenvalue weighted by Gasteiger charge is 2.26. The van der Waals surface area contributed by atoms with Crippen LogP contribution in [0.2, 0.25) is 0 Å². The summed E-state index contributed by atoms with van der Waals surface area (Å²) >= 11 is 0. The first-order chi connectivity index (χ1) is 13.0. The van der Waals surface area contributed by atoms with Gasteiger partial charge < -0.3 is 9.80 Å². The zero-order chi connectivity index (χ0) is 19.0. The second-order valence-electron chi connectivity index (χ2n) is 7.47. The molecule has 0 aromatic carbocycles. The Labute approximate surface area is 158 Å². The predicted molar refractivity (Wildman–Crippen MR) is 102 cm³/mol. The Balaban J connectivity index is 1.46. The van der Waals surface area contributed by atoms with Gasteiger partial charge in [0, 0.05) is 43.9 Å². The predicted octanol–water partition coefficient (Wildman–Crippen LogP) is 1.16. The van der Waals surface area contributed by atoms with Crippen LogP contribution in [0.1, 0.15) is 41.9 Å². The first kappa shape index (κ1) is 17.8. The maximum absolute atomic E-state index is 12.7. The second-order valence-corrected chi connectivity index (χ2v) is 7.47. The molecule has 0 unspecified atom stereocenters. The highest BCUT2D eigenvalue weighted by Crippen LogP contribution is 2.20. The molecule has 0 spiro atoms. The normalized spacial score (nSPS) is 16.7. The lowest BCUT2D eigenvalue weighted by Crippen LogP contribution is -2.40. The van der Waals surface area contributed by atoms with Gasteiger partial charge in [0.1, 0.15) is 0 Å².